The quantitative estimate of drug-likeness (QED) is 0.810. The van der Waals surface area contributed by atoms with Crippen molar-refractivity contribution in [2.75, 3.05) is 18.8 Å². The van der Waals surface area contributed by atoms with E-state index in [9.17, 15) is 4.79 Å². The van der Waals surface area contributed by atoms with Crippen LogP contribution in [0.5, 0.6) is 0 Å². The van der Waals surface area contributed by atoms with E-state index in [1.54, 1.807) is 0 Å². The molecule has 1 aliphatic rings. The molecule has 1 aromatic rings. The number of benzene rings is 1. The highest BCUT2D eigenvalue weighted by Gasteiger charge is 2.26. The molecular formula is C12H16BrN3O. The molecule has 5 heteroatoms. The monoisotopic (exact) mass is 297 g/mol. The number of carbonyl (C=O) groups is 1. The van der Waals surface area contributed by atoms with Gasteiger partial charge in [0.2, 0.25) is 5.91 Å². The van der Waals surface area contributed by atoms with Crippen molar-refractivity contribution in [1.29, 1.82) is 0 Å². The minimum absolute atomic E-state index is 0.0851. The summed E-state index contributed by atoms with van der Waals surface area (Å²) >= 11 is 3.50. The summed E-state index contributed by atoms with van der Waals surface area (Å²) in [6.45, 7) is 4.17. The van der Waals surface area contributed by atoms with E-state index >= 15 is 0 Å². The van der Waals surface area contributed by atoms with Crippen molar-refractivity contribution in [1.82, 2.24) is 10.2 Å². The lowest BCUT2D eigenvalue weighted by Crippen LogP contribution is -2.53. The van der Waals surface area contributed by atoms with Crippen molar-refractivity contribution in [3.05, 3.63) is 28.2 Å². The highest BCUT2D eigenvalue weighted by Crippen LogP contribution is 2.25. The van der Waals surface area contributed by atoms with Crippen LogP contribution in [-0.2, 0) is 11.3 Å². The van der Waals surface area contributed by atoms with Gasteiger partial charge in [-0.15, -0.1) is 0 Å². The zero-order valence-electron chi connectivity index (χ0n) is 9.74. The molecule has 2 rings (SSSR count). The lowest BCUT2D eigenvalue weighted by atomic mass is 10.1. The van der Waals surface area contributed by atoms with E-state index in [4.69, 9.17) is 5.73 Å². The summed E-state index contributed by atoms with van der Waals surface area (Å²) in [6, 6.07) is 5.67. The Morgan fingerprint density at radius 3 is 3.06 bits per heavy atom. The largest absolute Gasteiger partial charge is 0.398 e. The molecule has 1 heterocycles. The molecule has 3 N–H and O–H groups in total. The summed E-state index contributed by atoms with van der Waals surface area (Å²) in [5.41, 5.74) is 7.77. The average Bonchev–Trinajstić information content (AvgIpc) is 2.29. The van der Waals surface area contributed by atoms with Gasteiger partial charge in [-0.25, -0.2) is 0 Å². The Labute approximate surface area is 109 Å². The number of hydrogen-bond donors (Lipinski definition) is 2. The van der Waals surface area contributed by atoms with E-state index in [1.165, 1.54) is 0 Å². The normalized spacial score (nSPS) is 21.3. The van der Waals surface area contributed by atoms with Crippen molar-refractivity contribution >= 4 is 27.5 Å². The lowest BCUT2D eigenvalue weighted by Gasteiger charge is -2.33. The zero-order valence-corrected chi connectivity index (χ0v) is 11.3. The molecule has 1 fully saturated rings. The molecule has 1 saturated heterocycles. The number of nitrogens with two attached hydrogens (primary N) is 1. The Kier molecular flexibility index (Phi) is 3.69. The van der Waals surface area contributed by atoms with Gasteiger partial charge in [-0.1, -0.05) is 22.0 Å². The second-order valence-electron chi connectivity index (χ2n) is 4.25. The van der Waals surface area contributed by atoms with Gasteiger partial charge in [0.15, 0.2) is 0 Å². The first-order valence-corrected chi connectivity index (χ1v) is 6.43. The van der Waals surface area contributed by atoms with E-state index in [2.05, 4.69) is 26.1 Å². The molecule has 0 aromatic heterocycles. The third kappa shape index (κ3) is 2.61. The van der Waals surface area contributed by atoms with E-state index in [-0.39, 0.29) is 11.9 Å². The molecule has 1 aliphatic heterocycles. The summed E-state index contributed by atoms with van der Waals surface area (Å²) in [5.74, 6) is 0.0851. The van der Waals surface area contributed by atoms with Crippen LogP contribution in [0.1, 0.15) is 12.5 Å². The zero-order chi connectivity index (χ0) is 12.4. The second kappa shape index (κ2) is 5.06. The minimum atomic E-state index is -0.102. The number of anilines is 1. The van der Waals surface area contributed by atoms with Gasteiger partial charge in [0.1, 0.15) is 0 Å². The van der Waals surface area contributed by atoms with Crippen LogP contribution >= 0.6 is 15.9 Å². The predicted octanol–water partition coefficient (Wildman–Crippen LogP) is 1.35. The van der Waals surface area contributed by atoms with E-state index < -0.39 is 0 Å². The third-order valence-corrected chi connectivity index (χ3v) is 3.88. The van der Waals surface area contributed by atoms with Crippen LogP contribution in [-0.4, -0.2) is 29.9 Å². The molecule has 0 spiro atoms. The molecular weight excluding hydrogens is 282 g/mol. The van der Waals surface area contributed by atoms with E-state index in [1.807, 2.05) is 25.1 Å². The van der Waals surface area contributed by atoms with Crippen LogP contribution < -0.4 is 11.1 Å². The highest BCUT2D eigenvalue weighted by molar-refractivity contribution is 9.10. The average molecular weight is 298 g/mol. The van der Waals surface area contributed by atoms with Crippen molar-refractivity contribution < 1.29 is 4.79 Å². The highest BCUT2D eigenvalue weighted by atomic mass is 79.9. The number of hydrogen-bond acceptors (Lipinski definition) is 3. The molecule has 1 unspecified atom stereocenters. The molecule has 1 aromatic carbocycles. The molecule has 17 heavy (non-hydrogen) atoms. The van der Waals surface area contributed by atoms with Crippen LogP contribution in [0.2, 0.25) is 0 Å². The molecule has 0 saturated carbocycles. The van der Waals surface area contributed by atoms with Crippen molar-refractivity contribution in [2.45, 2.75) is 19.5 Å². The van der Waals surface area contributed by atoms with Gasteiger partial charge in [0, 0.05) is 35.4 Å². The van der Waals surface area contributed by atoms with Crippen molar-refractivity contribution in [3.63, 3.8) is 0 Å². The van der Waals surface area contributed by atoms with Crippen molar-refractivity contribution in [3.8, 4) is 0 Å². The number of carbonyl (C=O) groups excluding carboxylic acids is 1. The standard InChI is InChI=1S/C12H16BrN3O/c1-8-12(17)15-5-6-16(8)7-9-10(13)3-2-4-11(9)14/h2-4,8H,5-7,14H2,1H3,(H,15,17). The first-order chi connectivity index (χ1) is 8.09. The maximum atomic E-state index is 11.6. The van der Waals surface area contributed by atoms with Crippen molar-refractivity contribution in [2.24, 2.45) is 0 Å². The first-order valence-electron chi connectivity index (χ1n) is 5.64. The van der Waals surface area contributed by atoms with Gasteiger partial charge in [-0.2, -0.15) is 0 Å². The Morgan fingerprint density at radius 1 is 1.59 bits per heavy atom. The third-order valence-electron chi connectivity index (χ3n) is 3.14. The van der Waals surface area contributed by atoms with Crippen LogP contribution in [0.25, 0.3) is 0 Å². The Bertz CT molecular complexity index is 416. The number of piperazine rings is 1. The molecule has 0 bridgehead atoms. The van der Waals surface area contributed by atoms with Gasteiger partial charge >= 0.3 is 0 Å². The fraction of sp³-hybridized carbons (Fsp3) is 0.417. The summed E-state index contributed by atoms with van der Waals surface area (Å²) in [7, 11) is 0. The maximum Gasteiger partial charge on any atom is 0.237 e. The maximum absolute atomic E-state index is 11.6. The minimum Gasteiger partial charge on any atom is -0.398 e. The molecule has 1 amide bonds. The van der Waals surface area contributed by atoms with Crippen LogP contribution in [0, 0.1) is 0 Å². The Morgan fingerprint density at radius 2 is 2.35 bits per heavy atom. The predicted molar refractivity (Wildman–Crippen MR) is 71.4 cm³/mol. The smallest absolute Gasteiger partial charge is 0.237 e. The van der Waals surface area contributed by atoms with E-state index in [0.717, 1.165) is 22.3 Å². The molecule has 4 nitrogen and oxygen atoms in total. The molecule has 0 radical (unpaired) electrons. The fourth-order valence-electron chi connectivity index (χ4n) is 1.99. The SMILES string of the molecule is CC1C(=O)NCCN1Cc1c(N)cccc1Br. The number of amides is 1. The number of nitrogens with one attached hydrogen (secondary N) is 1. The summed E-state index contributed by atoms with van der Waals surface area (Å²) < 4.78 is 0.996. The Balaban J connectivity index is 2.17. The van der Waals surface area contributed by atoms with E-state index in [0.29, 0.717) is 13.1 Å². The number of nitrogens with zero attached hydrogens (tertiary/aromatic N) is 1. The Hall–Kier alpha value is -1.07. The molecule has 1 atom stereocenters. The molecule has 92 valence electrons. The van der Waals surface area contributed by atoms with Gasteiger partial charge in [0.05, 0.1) is 6.04 Å². The summed E-state index contributed by atoms with van der Waals surface area (Å²) in [6.07, 6.45) is 0. The van der Waals surface area contributed by atoms with Crippen LogP contribution in [0.4, 0.5) is 5.69 Å². The van der Waals surface area contributed by atoms with Gasteiger partial charge in [-0.05, 0) is 19.1 Å². The topological polar surface area (TPSA) is 58.4 Å². The summed E-state index contributed by atoms with van der Waals surface area (Å²) in [5, 5.41) is 2.85. The number of halogens is 1. The fourth-order valence-corrected chi connectivity index (χ4v) is 2.50. The van der Waals surface area contributed by atoms with Gasteiger partial charge < -0.3 is 11.1 Å². The molecule has 0 aliphatic carbocycles. The lowest BCUT2D eigenvalue weighted by molar-refractivity contribution is -0.128. The van der Waals surface area contributed by atoms with Gasteiger partial charge in [-0.3, -0.25) is 9.69 Å². The van der Waals surface area contributed by atoms with Crippen LogP contribution in [0.15, 0.2) is 22.7 Å². The number of rotatable bonds is 2. The van der Waals surface area contributed by atoms with Crippen LogP contribution in [0.3, 0.4) is 0 Å². The number of nitrogen functional groups attached to an aromatic ring is 1. The summed E-state index contributed by atoms with van der Waals surface area (Å²) in [4.78, 5) is 13.7. The second-order valence-corrected chi connectivity index (χ2v) is 5.10. The van der Waals surface area contributed by atoms with Gasteiger partial charge in [0.25, 0.3) is 0 Å². The first kappa shape index (κ1) is 12.4.